The van der Waals surface area contributed by atoms with Crippen LogP contribution in [0.5, 0.6) is 0 Å². The molecule has 0 aliphatic rings. The number of hydrogen-bond acceptors (Lipinski definition) is 5. The minimum absolute atomic E-state index is 0.264. The Kier molecular flexibility index (Phi) is 4.87. The number of methoxy groups -OCH3 is 1. The first-order chi connectivity index (χ1) is 10.1. The molecule has 0 aliphatic carbocycles. The van der Waals surface area contributed by atoms with E-state index in [-0.39, 0.29) is 17.7 Å². The number of aromatic nitrogens is 2. The van der Waals surface area contributed by atoms with Crippen molar-refractivity contribution in [3.05, 3.63) is 38.4 Å². The van der Waals surface area contributed by atoms with E-state index in [1.165, 1.54) is 23.0 Å². The van der Waals surface area contributed by atoms with Gasteiger partial charge in [-0.15, -0.1) is 0 Å². The number of ether oxygens (including phenoxy) is 1. The van der Waals surface area contributed by atoms with E-state index in [1.807, 2.05) is 16.8 Å². The van der Waals surface area contributed by atoms with Crippen molar-refractivity contribution < 1.29 is 14.6 Å². The molecule has 0 aliphatic heterocycles. The number of nitrogens with zero attached hydrogens (tertiary/aromatic N) is 2. The second-order valence-electron chi connectivity index (χ2n) is 4.37. The van der Waals surface area contributed by atoms with Crippen molar-refractivity contribution in [1.29, 1.82) is 0 Å². The molecule has 0 fully saturated rings. The van der Waals surface area contributed by atoms with Crippen LogP contribution in [0.15, 0.2) is 21.6 Å². The number of thiophene rings is 1. The monoisotopic (exact) mass is 308 g/mol. The van der Waals surface area contributed by atoms with Crippen LogP contribution in [0.1, 0.15) is 23.0 Å². The molecule has 1 N–H and O–H groups in total. The van der Waals surface area contributed by atoms with Crippen molar-refractivity contribution in [3.8, 4) is 11.4 Å². The van der Waals surface area contributed by atoms with Crippen LogP contribution >= 0.6 is 11.3 Å². The van der Waals surface area contributed by atoms with Gasteiger partial charge in [0.05, 0.1) is 12.3 Å². The molecule has 2 aromatic rings. The molecule has 6 nitrogen and oxygen atoms in total. The van der Waals surface area contributed by atoms with Crippen LogP contribution in [-0.4, -0.2) is 34.3 Å². The number of aromatic carboxylic acids is 1. The maximum Gasteiger partial charge on any atom is 0.343 e. The number of carboxylic acids is 1. The molecule has 0 spiro atoms. The summed E-state index contributed by atoms with van der Waals surface area (Å²) in [6.07, 6.45) is 0.287. The zero-order valence-electron chi connectivity index (χ0n) is 11.8. The van der Waals surface area contributed by atoms with Gasteiger partial charge < -0.3 is 9.84 Å². The Hall–Kier alpha value is -1.99. The highest BCUT2D eigenvalue weighted by molar-refractivity contribution is 7.08. The van der Waals surface area contributed by atoms with Gasteiger partial charge in [-0.2, -0.15) is 11.3 Å². The van der Waals surface area contributed by atoms with Gasteiger partial charge >= 0.3 is 5.97 Å². The first kappa shape index (κ1) is 15.4. The molecule has 0 saturated heterocycles. The van der Waals surface area contributed by atoms with E-state index in [0.717, 1.165) is 5.56 Å². The van der Waals surface area contributed by atoms with Crippen LogP contribution in [0, 0.1) is 0 Å². The quantitative estimate of drug-likeness (QED) is 0.881. The summed E-state index contributed by atoms with van der Waals surface area (Å²) >= 11 is 1.50. The van der Waals surface area contributed by atoms with E-state index in [4.69, 9.17) is 4.74 Å². The Morgan fingerprint density at radius 3 is 2.81 bits per heavy atom. The Morgan fingerprint density at radius 2 is 2.29 bits per heavy atom. The van der Waals surface area contributed by atoms with Crippen molar-refractivity contribution in [2.75, 3.05) is 13.7 Å². The fraction of sp³-hybridized carbons (Fsp3) is 0.357. The zero-order valence-corrected chi connectivity index (χ0v) is 12.6. The van der Waals surface area contributed by atoms with Gasteiger partial charge in [-0.3, -0.25) is 9.36 Å². The SMILES string of the molecule is CCn1c(-c2ccsc2)nc(CCOC)c(C(=O)O)c1=O. The molecule has 0 radical (unpaired) electrons. The van der Waals surface area contributed by atoms with Crippen LogP contribution in [0.25, 0.3) is 11.4 Å². The highest BCUT2D eigenvalue weighted by atomic mass is 32.1. The van der Waals surface area contributed by atoms with E-state index < -0.39 is 11.5 Å². The largest absolute Gasteiger partial charge is 0.477 e. The highest BCUT2D eigenvalue weighted by Gasteiger charge is 2.21. The Bertz CT molecular complexity index is 692. The number of rotatable bonds is 6. The van der Waals surface area contributed by atoms with Gasteiger partial charge in [0.1, 0.15) is 11.4 Å². The van der Waals surface area contributed by atoms with E-state index in [2.05, 4.69) is 4.98 Å². The summed E-state index contributed by atoms with van der Waals surface area (Å²) in [7, 11) is 1.52. The minimum atomic E-state index is -1.25. The normalized spacial score (nSPS) is 10.8. The average molecular weight is 308 g/mol. The fourth-order valence-corrected chi connectivity index (χ4v) is 2.73. The van der Waals surface area contributed by atoms with Crippen molar-refractivity contribution in [1.82, 2.24) is 9.55 Å². The van der Waals surface area contributed by atoms with Crippen molar-refractivity contribution in [3.63, 3.8) is 0 Å². The van der Waals surface area contributed by atoms with Gasteiger partial charge in [-0.25, -0.2) is 9.78 Å². The molecule has 0 atom stereocenters. The summed E-state index contributed by atoms with van der Waals surface area (Å²) in [6.45, 7) is 2.47. The highest BCUT2D eigenvalue weighted by Crippen LogP contribution is 2.20. The molecule has 0 unspecified atom stereocenters. The van der Waals surface area contributed by atoms with Crippen LogP contribution in [-0.2, 0) is 17.7 Å². The predicted octanol–water partition coefficient (Wildman–Crippen LogP) is 1.88. The lowest BCUT2D eigenvalue weighted by atomic mass is 10.1. The second kappa shape index (κ2) is 6.64. The zero-order chi connectivity index (χ0) is 15.4. The van der Waals surface area contributed by atoms with E-state index in [0.29, 0.717) is 19.0 Å². The second-order valence-corrected chi connectivity index (χ2v) is 5.15. The first-order valence-electron chi connectivity index (χ1n) is 6.48. The molecule has 0 aromatic carbocycles. The predicted molar refractivity (Wildman–Crippen MR) is 80.0 cm³/mol. The molecule has 0 amide bonds. The molecule has 0 bridgehead atoms. The topological polar surface area (TPSA) is 81.4 Å². The van der Waals surface area contributed by atoms with Gasteiger partial charge in [0.25, 0.3) is 5.56 Å². The lowest BCUT2D eigenvalue weighted by Gasteiger charge is -2.13. The van der Waals surface area contributed by atoms with Crippen molar-refractivity contribution in [2.45, 2.75) is 19.9 Å². The summed E-state index contributed by atoms with van der Waals surface area (Å²) in [6, 6.07) is 1.86. The van der Waals surface area contributed by atoms with Gasteiger partial charge in [-0.05, 0) is 18.4 Å². The summed E-state index contributed by atoms with van der Waals surface area (Å²) in [5, 5.41) is 13.1. The molecular formula is C14H16N2O4S. The molecule has 2 aromatic heterocycles. The van der Waals surface area contributed by atoms with Crippen LogP contribution in [0.3, 0.4) is 0 Å². The lowest BCUT2D eigenvalue weighted by molar-refractivity contribution is 0.0691. The number of carbonyl (C=O) groups is 1. The smallest absolute Gasteiger partial charge is 0.343 e. The molecule has 0 saturated carbocycles. The Labute approximate surface area is 125 Å². The third-order valence-corrected chi connectivity index (χ3v) is 3.78. The van der Waals surface area contributed by atoms with Crippen LogP contribution in [0.4, 0.5) is 0 Å². The Morgan fingerprint density at radius 1 is 1.52 bits per heavy atom. The van der Waals surface area contributed by atoms with Crippen molar-refractivity contribution >= 4 is 17.3 Å². The third kappa shape index (κ3) is 3.03. The van der Waals surface area contributed by atoms with Gasteiger partial charge in [-0.1, -0.05) is 0 Å². The molecule has 2 rings (SSSR count). The first-order valence-corrected chi connectivity index (χ1v) is 7.42. The van der Waals surface area contributed by atoms with E-state index in [1.54, 1.807) is 6.92 Å². The maximum absolute atomic E-state index is 12.4. The van der Waals surface area contributed by atoms with E-state index >= 15 is 0 Å². The Balaban J connectivity index is 2.69. The molecular weight excluding hydrogens is 292 g/mol. The standard InChI is InChI=1S/C14H16N2O4S/c1-3-16-12(9-5-7-21-8-9)15-10(4-6-20-2)11(13(16)17)14(18)19/h5,7-8H,3-4,6H2,1-2H3,(H,18,19). The maximum atomic E-state index is 12.4. The lowest BCUT2D eigenvalue weighted by Crippen LogP contribution is -2.31. The fourth-order valence-electron chi connectivity index (χ4n) is 2.10. The molecule has 21 heavy (non-hydrogen) atoms. The summed E-state index contributed by atoms with van der Waals surface area (Å²) in [5.41, 5.74) is 0.287. The van der Waals surface area contributed by atoms with Gasteiger partial charge in [0, 0.05) is 31.0 Å². The van der Waals surface area contributed by atoms with Crippen LogP contribution < -0.4 is 5.56 Å². The van der Waals surface area contributed by atoms with Crippen LogP contribution in [0.2, 0.25) is 0 Å². The average Bonchev–Trinajstić information content (AvgIpc) is 2.97. The van der Waals surface area contributed by atoms with Gasteiger partial charge in [0.2, 0.25) is 0 Å². The molecule has 2 heterocycles. The summed E-state index contributed by atoms with van der Waals surface area (Å²) < 4.78 is 6.36. The summed E-state index contributed by atoms with van der Waals surface area (Å²) in [4.78, 5) is 28.2. The number of carboxylic acid groups (broad SMARTS) is 1. The molecule has 112 valence electrons. The van der Waals surface area contributed by atoms with E-state index in [9.17, 15) is 14.7 Å². The minimum Gasteiger partial charge on any atom is -0.477 e. The number of hydrogen-bond donors (Lipinski definition) is 1. The molecule has 7 heteroatoms. The van der Waals surface area contributed by atoms with Gasteiger partial charge in [0.15, 0.2) is 0 Å². The third-order valence-electron chi connectivity index (χ3n) is 3.10. The van der Waals surface area contributed by atoms with Crippen molar-refractivity contribution in [2.24, 2.45) is 0 Å². The summed E-state index contributed by atoms with van der Waals surface area (Å²) in [5.74, 6) is -0.752.